The van der Waals surface area contributed by atoms with E-state index in [1.807, 2.05) is 13.8 Å². The molecule has 0 bridgehead atoms. The van der Waals surface area contributed by atoms with Crippen molar-refractivity contribution in [2.24, 2.45) is 23.7 Å². The first kappa shape index (κ1) is 14.7. The molecule has 1 nitrogen and oxygen atoms in total. The van der Waals surface area contributed by atoms with Gasteiger partial charge in [0.1, 0.15) is 5.78 Å². The van der Waals surface area contributed by atoms with Crippen LogP contribution in [0.1, 0.15) is 72.6 Å². The van der Waals surface area contributed by atoms with Crippen LogP contribution in [0.2, 0.25) is 0 Å². The first-order valence-electron chi connectivity index (χ1n) is 7.53. The SMILES string of the molecule is CC(C)C(=O)CCC[C@H]1CC[C@@H](C(C)C)CC1. The Labute approximate surface area is 107 Å². The van der Waals surface area contributed by atoms with E-state index in [1.165, 1.54) is 32.1 Å². The highest BCUT2D eigenvalue weighted by Crippen LogP contribution is 2.35. The van der Waals surface area contributed by atoms with Gasteiger partial charge in [-0.1, -0.05) is 47.0 Å². The number of hydrogen-bond acceptors (Lipinski definition) is 1. The molecule has 0 unspecified atom stereocenters. The zero-order valence-electron chi connectivity index (χ0n) is 12.2. The molecule has 1 aliphatic rings. The predicted molar refractivity (Wildman–Crippen MR) is 74.0 cm³/mol. The number of hydrogen-bond donors (Lipinski definition) is 0. The molecule has 0 N–H and O–H groups in total. The lowest BCUT2D eigenvalue weighted by molar-refractivity contribution is -0.122. The maximum Gasteiger partial charge on any atom is 0.135 e. The van der Waals surface area contributed by atoms with Gasteiger partial charge in [-0.05, 0) is 37.0 Å². The van der Waals surface area contributed by atoms with E-state index in [-0.39, 0.29) is 5.92 Å². The van der Waals surface area contributed by atoms with Crippen LogP contribution in [0.15, 0.2) is 0 Å². The third-order valence-electron chi connectivity index (χ3n) is 4.51. The van der Waals surface area contributed by atoms with Gasteiger partial charge < -0.3 is 0 Å². The number of ketones is 1. The first-order chi connectivity index (χ1) is 8.00. The van der Waals surface area contributed by atoms with Gasteiger partial charge >= 0.3 is 0 Å². The lowest BCUT2D eigenvalue weighted by atomic mass is 9.75. The van der Waals surface area contributed by atoms with Gasteiger partial charge in [-0.2, -0.15) is 0 Å². The van der Waals surface area contributed by atoms with Crippen LogP contribution in [0.3, 0.4) is 0 Å². The summed E-state index contributed by atoms with van der Waals surface area (Å²) in [5.41, 5.74) is 0. The maximum absolute atomic E-state index is 11.5. The topological polar surface area (TPSA) is 17.1 Å². The van der Waals surface area contributed by atoms with Crippen LogP contribution in [0.4, 0.5) is 0 Å². The van der Waals surface area contributed by atoms with Crippen LogP contribution in [-0.4, -0.2) is 5.78 Å². The molecule has 0 spiro atoms. The fraction of sp³-hybridized carbons (Fsp3) is 0.938. The molecule has 17 heavy (non-hydrogen) atoms. The van der Waals surface area contributed by atoms with Crippen molar-refractivity contribution in [3.8, 4) is 0 Å². The van der Waals surface area contributed by atoms with Crippen LogP contribution >= 0.6 is 0 Å². The molecule has 100 valence electrons. The van der Waals surface area contributed by atoms with E-state index in [4.69, 9.17) is 0 Å². The van der Waals surface area contributed by atoms with Gasteiger partial charge in [-0.3, -0.25) is 4.79 Å². The highest BCUT2D eigenvalue weighted by Gasteiger charge is 2.23. The Morgan fingerprint density at radius 1 is 1.06 bits per heavy atom. The van der Waals surface area contributed by atoms with Crippen molar-refractivity contribution in [3.05, 3.63) is 0 Å². The Balaban J connectivity index is 2.12. The lowest BCUT2D eigenvalue weighted by Gasteiger charge is -2.30. The summed E-state index contributed by atoms with van der Waals surface area (Å²) in [5.74, 6) is 3.40. The van der Waals surface area contributed by atoms with E-state index in [1.54, 1.807) is 0 Å². The summed E-state index contributed by atoms with van der Waals surface area (Å²) >= 11 is 0. The van der Waals surface area contributed by atoms with E-state index in [9.17, 15) is 4.79 Å². The van der Waals surface area contributed by atoms with Gasteiger partial charge in [-0.25, -0.2) is 0 Å². The smallest absolute Gasteiger partial charge is 0.135 e. The second-order valence-corrected chi connectivity index (χ2v) is 6.54. The summed E-state index contributed by atoms with van der Waals surface area (Å²) in [7, 11) is 0. The molecule has 1 saturated carbocycles. The van der Waals surface area contributed by atoms with Crippen molar-refractivity contribution in [2.75, 3.05) is 0 Å². The zero-order valence-corrected chi connectivity index (χ0v) is 12.2. The van der Waals surface area contributed by atoms with Crippen molar-refractivity contribution in [3.63, 3.8) is 0 Å². The van der Waals surface area contributed by atoms with E-state index < -0.39 is 0 Å². The van der Waals surface area contributed by atoms with Crippen LogP contribution in [0.5, 0.6) is 0 Å². The summed E-state index contributed by atoms with van der Waals surface area (Å²) < 4.78 is 0. The molecule has 1 aliphatic carbocycles. The lowest BCUT2D eigenvalue weighted by Crippen LogP contribution is -2.18. The van der Waals surface area contributed by atoms with E-state index in [0.29, 0.717) is 5.78 Å². The second kappa shape index (κ2) is 7.18. The van der Waals surface area contributed by atoms with Crippen molar-refractivity contribution in [1.29, 1.82) is 0 Å². The summed E-state index contributed by atoms with van der Waals surface area (Å²) in [4.78, 5) is 11.5. The molecule has 0 heterocycles. The van der Waals surface area contributed by atoms with Crippen molar-refractivity contribution >= 4 is 5.78 Å². The van der Waals surface area contributed by atoms with Gasteiger partial charge in [0.25, 0.3) is 0 Å². The Hall–Kier alpha value is -0.330. The van der Waals surface area contributed by atoms with Crippen molar-refractivity contribution < 1.29 is 4.79 Å². The molecule has 1 heteroatoms. The average molecular weight is 238 g/mol. The molecule has 1 rings (SSSR count). The minimum Gasteiger partial charge on any atom is -0.299 e. The highest BCUT2D eigenvalue weighted by molar-refractivity contribution is 5.80. The van der Waals surface area contributed by atoms with Gasteiger partial charge in [-0.15, -0.1) is 0 Å². The number of carbonyl (C=O) groups excluding carboxylic acids is 1. The molecule has 0 radical (unpaired) electrons. The number of carbonyl (C=O) groups is 1. The standard InChI is InChI=1S/C16H30O/c1-12(2)15-10-8-14(9-11-15)6-5-7-16(17)13(3)4/h12-15H,5-11H2,1-4H3/t14-,15+. The molecular weight excluding hydrogens is 208 g/mol. The normalized spacial score (nSPS) is 25.5. The third-order valence-corrected chi connectivity index (χ3v) is 4.51. The predicted octanol–water partition coefficient (Wildman–Crippen LogP) is 4.84. The van der Waals surface area contributed by atoms with Gasteiger partial charge in [0.15, 0.2) is 0 Å². The average Bonchev–Trinajstić information content (AvgIpc) is 2.29. The van der Waals surface area contributed by atoms with Gasteiger partial charge in [0.05, 0.1) is 0 Å². The molecule has 0 atom stereocenters. The first-order valence-corrected chi connectivity index (χ1v) is 7.53. The van der Waals surface area contributed by atoms with E-state index >= 15 is 0 Å². The largest absolute Gasteiger partial charge is 0.299 e. The highest BCUT2D eigenvalue weighted by atomic mass is 16.1. The Morgan fingerprint density at radius 2 is 1.65 bits per heavy atom. The molecule has 0 aliphatic heterocycles. The van der Waals surface area contributed by atoms with Crippen LogP contribution < -0.4 is 0 Å². The van der Waals surface area contributed by atoms with E-state index in [0.717, 1.165) is 30.6 Å². The fourth-order valence-electron chi connectivity index (χ4n) is 3.00. The Kier molecular flexibility index (Phi) is 6.22. The molecular formula is C16H30O. The molecule has 1 fully saturated rings. The molecule has 0 aromatic carbocycles. The van der Waals surface area contributed by atoms with Gasteiger partial charge in [0.2, 0.25) is 0 Å². The number of Topliss-reactive ketones (excluding diaryl/α,β-unsaturated/α-hetero) is 1. The van der Waals surface area contributed by atoms with Crippen LogP contribution in [-0.2, 0) is 4.79 Å². The second-order valence-electron chi connectivity index (χ2n) is 6.54. The monoisotopic (exact) mass is 238 g/mol. The van der Waals surface area contributed by atoms with Crippen LogP contribution in [0, 0.1) is 23.7 Å². The maximum atomic E-state index is 11.5. The van der Waals surface area contributed by atoms with Crippen molar-refractivity contribution in [1.82, 2.24) is 0 Å². The Bertz CT molecular complexity index is 222. The molecule has 0 amide bonds. The summed E-state index contributed by atoms with van der Waals surface area (Å²) in [6.45, 7) is 8.73. The minimum absolute atomic E-state index is 0.228. The van der Waals surface area contributed by atoms with E-state index in [2.05, 4.69) is 13.8 Å². The Morgan fingerprint density at radius 3 is 2.12 bits per heavy atom. The summed E-state index contributed by atoms with van der Waals surface area (Å²) in [6.07, 6.45) is 8.84. The third kappa shape index (κ3) is 5.23. The summed E-state index contributed by atoms with van der Waals surface area (Å²) in [5, 5.41) is 0. The number of rotatable bonds is 6. The minimum atomic E-state index is 0.228. The summed E-state index contributed by atoms with van der Waals surface area (Å²) in [6, 6.07) is 0. The van der Waals surface area contributed by atoms with Gasteiger partial charge in [0, 0.05) is 12.3 Å². The van der Waals surface area contributed by atoms with Crippen molar-refractivity contribution in [2.45, 2.75) is 72.6 Å². The molecule has 0 saturated heterocycles. The van der Waals surface area contributed by atoms with Crippen LogP contribution in [0.25, 0.3) is 0 Å². The zero-order chi connectivity index (χ0) is 12.8. The molecule has 0 aromatic heterocycles. The quantitative estimate of drug-likeness (QED) is 0.647. The molecule has 0 aromatic rings. The fourth-order valence-corrected chi connectivity index (χ4v) is 3.00.